The number of amides is 2. The van der Waals surface area contributed by atoms with Crippen molar-refractivity contribution >= 4 is 27.7 Å². The Kier molecular flexibility index (Phi) is 3.01. The van der Waals surface area contributed by atoms with E-state index in [0.717, 1.165) is 24.6 Å². The van der Waals surface area contributed by atoms with Crippen molar-refractivity contribution in [1.82, 2.24) is 4.90 Å². The first-order valence-corrected chi connectivity index (χ1v) is 7.77. The molecule has 4 unspecified atom stereocenters. The SMILES string of the molecule is O=C1C2C3CCC(C3)C2C(=O)N1CCCCBr. The van der Waals surface area contributed by atoms with Gasteiger partial charge in [0.2, 0.25) is 11.8 Å². The minimum atomic E-state index is 0.0604. The summed E-state index contributed by atoms with van der Waals surface area (Å²) in [5.41, 5.74) is 0. The van der Waals surface area contributed by atoms with Gasteiger partial charge in [0.05, 0.1) is 11.8 Å². The minimum Gasteiger partial charge on any atom is -0.282 e. The van der Waals surface area contributed by atoms with Gasteiger partial charge in [-0.25, -0.2) is 0 Å². The van der Waals surface area contributed by atoms with Crippen molar-refractivity contribution in [3.8, 4) is 0 Å². The Bertz CT molecular complexity index is 329. The fraction of sp³-hybridized carbons (Fsp3) is 0.846. The van der Waals surface area contributed by atoms with Crippen LogP contribution in [0.15, 0.2) is 0 Å². The zero-order valence-corrected chi connectivity index (χ0v) is 11.5. The number of carbonyl (C=O) groups is 2. The Hall–Kier alpha value is -0.380. The van der Waals surface area contributed by atoms with Crippen LogP contribution in [-0.4, -0.2) is 28.6 Å². The lowest BCUT2D eigenvalue weighted by molar-refractivity contribution is -0.140. The van der Waals surface area contributed by atoms with Gasteiger partial charge in [0.1, 0.15) is 0 Å². The minimum absolute atomic E-state index is 0.0604. The van der Waals surface area contributed by atoms with Crippen molar-refractivity contribution in [2.24, 2.45) is 23.7 Å². The number of carbonyl (C=O) groups excluding carboxylic acids is 2. The predicted molar refractivity (Wildman–Crippen MR) is 67.6 cm³/mol. The number of fused-ring (bicyclic) bond motifs is 5. The second-order valence-electron chi connectivity index (χ2n) is 5.61. The van der Waals surface area contributed by atoms with Crippen molar-refractivity contribution in [1.29, 1.82) is 0 Å². The number of imide groups is 1. The molecule has 0 aromatic carbocycles. The number of unbranched alkanes of at least 4 members (excludes halogenated alkanes) is 1. The second kappa shape index (κ2) is 4.38. The van der Waals surface area contributed by atoms with Crippen LogP contribution in [0.2, 0.25) is 0 Å². The van der Waals surface area contributed by atoms with E-state index in [0.29, 0.717) is 18.4 Å². The molecule has 2 aliphatic carbocycles. The lowest BCUT2D eigenvalue weighted by Crippen LogP contribution is -2.33. The van der Waals surface area contributed by atoms with Crippen LogP contribution in [0.5, 0.6) is 0 Å². The highest BCUT2D eigenvalue weighted by molar-refractivity contribution is 9.09. The van der Waals surface area contributed by atoms with Crippen LogP contribution >= 0.6 is 15.9 Å². The van der Waals surface area contributed by atoms with Gasteiger partial charge < -0.3 is 0 Å². The zero-order valence-electron chi connectivity index (χ0n) is 9.90. The first-order chi connectivity index (χ1) is 8.24. The molecule has 0 spiro atoms. The van der Waals surface area contributed by atoms with Crippen LogP contribution < -0.4 is 0 Å². The Labute approximate surface area is 110 Å². The van der Waals surface area contributed by atoms with Crippen LogP contribution in [0.25, 0.3) is 0 Å². The summed E-state index contributed by atoms with van der Waals surface area (Å²) in [6.45, 7) is 0.635. The molecule has 3 fully saturated rings. The third kappa shape index (κ3) is 1.67. The number of nitrogens with zero attached hydrogens (tertiary/aromatic N) is 1. The van der Waals surface area contributed by atoms with E-state index in [1.807, 2.05) is 0 Å². The van der Waals surface area contributed by atoms with Gasteiger partial charge in [-0.2, -0.15) is 0 Å². The molecule has 0 aromatic heterocycles. The van der Waals surface area contributed by atoms with E-state index in [9.17, 15) is 9.59 Å². The van der Waals surface area contributed by atoms with Crippen molar-refractivity contribution in [3.63, 3.8) is 0 Å². The summed E-state index contributed by atoms with van der Waals surface area (Å²) < 4.78 is 0. The van der Waals surface area contributed by atoms with E-state index in [-0.39, 0.29) is 23.7 Å². The summed E-state index contributed by atoms with van der Waals surface area (Å²) in [7, 11) is 0. The van der Waals surface area contributed by atoms with Crippen LogP contribution in [0.1, 0.15) is 32.1 Å². The molecular formula is C13H18BrNO2. The number of alkyl halides is 1. The molecule has 0 N–H and O–H groups in total. The third-order valence-electron chi connectivity index (χ3n) is 4.78. The first-order valence-electron chi connectivity index (χ1n) is 6.65. The molecular weight excluding hydrogens is 282 g/mol. The lowest BCUT2D eigenvalue weighted by atomic mass is 9.81. The van der Waals surface area contributed by atoms with Crippen molar-refractivity contribution in [2.45, 2.75) is 32.1 Å². The largest absolute Gasteiger partial charge is 0.282 e. The van der Waals surface area contributed by atoms with Gasteiger partial charge in [-0.1, -0.05) is 15.9 Å². The molecule has 1 saturated heterocycles. The van der Waals surface area contributed by atoms with E-state index in [2.05, 4.69) is 15.9 Å². The maximum Gasteiger partial charge on any atom is 0.233 e. The Balaban J connectivity index is 1.72. The molecule has 17 heavy (non-hydrogen) atoms. The Morgan fingerprint density at radius 2 is 1.65 bits per heavy atom. The summed E-state index contributed by atoms with van der Waals surface area (Å²) in [4.78, 5) is 26.1. The van der Waals surface area contributed by atoms with E-state index >= 15 is 0 Å². The van der Waals surface area contributed by atoms with Crippen molar-refractivity contribution < 1.29 is 9.59 Å². The topological polar surface area (TPSA) is 37.4 Å². The average molecular weight is 300 g/mol. The van der Waals surface area contributed by atoms with Gasteiger partial charge >= 0.3 is 0 Å². The predicted octanol–water partition coefficient (Wildman–Crippen LogP) is 2.19. The fourth-order valence-corrected chi connectivity index (χ4v) is 4.45. The molecule has 3 rings (SSSR count). The molecule has 2 saturated carbocycles. The van der Waals surface area contributed by atoms with Crippen LogP contribution in [0.3, 0.4) is 0 Å². The van der Waals surface area contributed by atoms with Crippen LogP contribution in [-0.2, 0) is 9.59 Å². The van der Waals surface area contributed by atoms with Crippen molar-refractivity contribution in [2.75, 3.05) is 11.9 Å². The van der Waals surface area contributed by atoms with Crippen LogP contribution in [0, 0.1) is 23.7 Å². The highest BCUT2D eigenvalue weighted by Gasteiger charge is 2.60. The molecule has 0 radical (unpaired) electrons. The maximum absolute atomic E-state index is 12.3. The summed E-state index contributed by atoms with van der Waals surface area (Å²) in [6, 6.07) is 0. The summed E-state index contributed by atoms with van der Waals surface area (Å²) >= 11 is 3.38. The molecule has 3 aliphatic rings. The van der Waals surface area contributed by atoms with Gasteiger partial charge in [-0.3, -0.25) is 14.5 Å². The van der Waals surface area contributed by atoms with E-state index in [1.54, 1.807) is 4.90 Å². The second-order valence-corrected chi connectivity index (χ2v) is 6.40. The average Bonchev–Trinajstić information content (AvgIpc) is 2.97. The number of hydrogen-bond donors (Lipinski definition) is 0. The lowest BCUT2D eigenvalue weighted by Gasteiger charge is -2.19. The molecule has 3 nitrogen and oxygen atoms in total. The van der Waals surface area contributed by atoms with E-state index < -0.39 is 0 Å². The number of hydrogen-bond acceptors (Lipinski definition) is 2. The van der Waals surface area contributed by atoms with Gasteiger partial charge in [-0.15, -0.1) is 0 Å². The third-order valence-corrected chi connectivity index (χ3v) is 5.34. The van der Waals surface area contributed by atoms with Gasteiger partial charge in [0, 0.05) is 11.9 Å². The fourth-order valence-electron chi connectivity index (χ4n) is 4.06. The van der Waals surface area contributed by atoms with Gasteiger partial charge in [-0.05, 0) is 43.9 Å². The molecule has 2 bridgehead atoms. The maximum atomic E-state index is 12.3. The monoisotopic (exact) mass is 299 g/mol. The number of halogens is 1. The summed E-state index contributed by atoms with van der Waals surface area (Å²) in [6.07, 6.45) is 5.42. The Morgan fingerprint density at radius 1 is 1.06 bits per heavy atom. The molecule has 1 aliphatic heterocycles. The quantitative estimate of drug-likeness (QED) is 0.453. The molecule has 1 heterocycles. The van der Waals surface area contributed by atoms with Crippen LogP contribution in [0.4, 0.5) is 0 Å². The first kappa shape index (κ1) is 11.7. The molecule has 4 atom stereocenters. The number of rotatable bonds is 4. The molecule has 0 aromatic rings. The molecule has 4 heteroatoms. The Morgan fingerprint density at radius 3 is 2.18 bits per heavy atom. The highest BCUT2D eigenvalue weighted by atomic mass is 79.9. The summed E-state index contributed by atoms with van der Waals surface area (Å²) in [5.74, 6) is 1.43. The normalized spacial score (nSPS) is 39.2. The molecule has 94 valence electrons. The van der Waals surface area contributed by atoms with Gasteiger partial charge in [0.15, 0.2) is 0 Å². The van der Waals surface area contributed by atoms with Gasteiger partial charge in [0.25, 0.3) is 0 Å². The van der Waals surface area contributed by atoms with Crippen molar-refractivity contribution in [3.05, 3.63) is 0 Å². The zero-order chi connectivity index (χ0) is 12.0. The number of likely N-dealkylation sites (tertiary alicyclic amines) is 1. The van der Waals surface area contributed by atoms with E-state index in [4.69, 9.17) is 0 Å². The smallest absolute Gasteiger partial charge is 0.233 e. The van der Waals surface area contributed by atoms with E-state index in [1.165, 1.54) is 12.8 Å². The summed E-state index contributed by atoms with van der Waals surface area (Å²) in [5, 5.41) is 0.946. The standard InChI is InChI=1S/C13H18BrNO2/c14-5-1-2-6-15-12(16)10-8-3-4-9(7-8)11(10)13(15)17/h8-11H,1-7H2. The molecule has 2 amide bonds. The highest BCUT2D eigenvalue weighted by Crippen LogP contribution is 2.56.